The molecule has 3 rings (SSSR count). The normalized spacial score (nSPS) is 16.6. The highest BCUT2D eigenvalue weighted by Crippen LogP contribution is 2.22. The van der Waals surface area contributed by atoms with E-state index >= 15 is 0 Å². The van der Waals surface area contributed by atoms with Crippen LogP contribution < -0.4 is 4.74 Å². The van der Waals surface area contributed by atoms with Crippen molar-refractivity contribution in [2.75, 3.05) is 33.4 Å². The van der Waals surface area contributed by atoms with Gasteiger partial charge in [-0.1, -0.05) is 41.0 Å². The number of hydrogen-bond donors (Lipinski definition) is 1. The molecular formula is C24H29ClN2O4. The molecule has 0 saturated heterocycles. The molecule has 1 N–H and O–H groups in total. The molecule has 0 aromatic heterocycles. The average molecular weight is 445 g/mol. The molecule has 2 atom stereocenters. The van der Waals surface area contributed by atoms with E-state index in [1.807, 2.05) is 48.5 Å². The lowest BCUT2D eigenvalue weighted by atomic mass is 10.0. The molecule has 2 aromatic rings. The SMILES string of the molecule is C=CCOCC(O)CN(Cc1ccccc1Cl)CC1CC(c2ccc(OC)cc2)=NO1. The van der Waals surface area contributed by atoms with Crippen LogP contribution in [0.25, 0.3) is 0 Å². The Morgan fingerprint density at radius 3 is 2.77 bits per heavy atom. The minimum atomic E-state index is -0.634. The van der Waals surface area contributed by atoms with Crippen LogP contribution in [0, 0.1) is 0 Å². The van der Waals surface area contributed by atoms with E-state index in [9.17, 15) is 5.11 Å². The second-order valence-corrected chi connectivity index (χ2v) is 7.87. The number of aliphatic hydroxyl groups excluding tert-OH is 1. The smallest absolute Gasteiger partial charge is 0.145 e. The summed E-state index contributed by atoms with van der Waals surface area (Å²) in [5.41, 5.74) is 2.91. The number of hydrogen-bond acceptors (Lipinski definition) is 6. The summed E-state index contributed by atoms with van der Waals surface area (Å²) in [6.45, 7) is 5.90. The van der Waals surface area contributed by atoms with Crippen molar-refractivity contribution in [2.24, 2.45) is 5.16 Å². The van der Waals surface area contributed by atoms with Crippen molar-refractivity contribution in [2.45, 2.75) is 25.2 Å². The Labute approximate surface area is 188 Å². The molecule has 6 nitrogen and oxygen atoms in total. The molecule has 1 heterocycles. The van der Waals surface area contributed by atoms with E-state index in [4.69, 9.17) is 25.9 Å². The van der Waals surface area contributed by atoms with Crippen molar-refractivity contribution < 1.29 is 19.4 Å². The molecule has 0 fully saturated rings. The minimum absolute atomic E-state index is 0.110. The van der Waals surface area contributed by atoms with E-state index in [1.54, 1.807) is 13.2 Å². The van der Waals surface area contributed by atoms with E-state index in [1.165, 1.54) is 0 Å². The maximum atomic E-state index is 10.4. The Kier molecular flexibility index (Phi) is 8.91. The van der Waals surface area contributed by atoms with Gasteiger partial charge in [0.2, 0.25) is 0 Å². The minimum Gasteiger partial charge on any atom is -0.497 e. The van der Waals surface area contributed by atoms with Gasteiger partial charge < -0.3 is 19.4 Å². The lowest BCUT2D eigenvalue weighted by molar-refractivity contribution is 0.00337. The van der Waals surface area contributed by atoms with Gasteiger partial charge in [-0.05, 0) is 41.5 Å². The second kappa shape index (κ2) is 11.9. The maximum absolute atomic E-state index is 10.4. The van der Waals surface area contributed by atoms with E-state index in [0.717, 1.165) is 22.6 Å². The number of rotatable bonds is 12. The fourth-order valence-corrected chi connectivity index (χ4v) is 3.67. The van der Waals surface area contributed by atoms with Crippen LogP contribution in [0.2, 0.25) is 5.02 Å². The number of ether oxygens (including phenoxy) is 2. The van der Waals surface area contributed by atoms with Gasteiger partial charge in [0.25, 0.3) is 0 Å². The molecule has 0 aliphatic carbocycles. The average Bonchev–Trinajstić information content (AvgIpc) is 3.24. The summed E-state index contributed by atoms with van der Waals surface area (Å²) >= 11 is 6.36. The van der Waals surface area contributed by atoms with Crippen molar-refractivity contribution in [3.05, 3.63) is 77.3 Å². The number of aliphatic hydroxyl groups is 1. The van der Waals surface area contributed by atoms with Crippen LogP contribution in [0.5, 0.6) is 5.75 Å². The summed E-state index contributed by atoms with van der Waals surface area (Å²) in [6, 6.07) is 15.5. The molecule has 166 valence electrons. The fraction of sp³-hybridized carbons (Fsp3) is 0.375. The first-order valence-electron chi connectivity index (χ1n) is 10.3. The highest BCUT2D eigenvalue weighted by Gasteiger charge is 2.26. The lowest BCUT2D eigenvalue weighted by Gasteiger charge is -2.27. The van der Waals surface area contributed by atoms with E-state index < -0.39 is 6.10 Å². The van der Waals surface area contributed by atoms with Gasteiger partial charge >= 0.3 is 0 Å². The standard InChI is InChI=1S/C24H29ClN2O4/c1-3-12-30-17-20(28)15-27(14-19-6-4-5-7-23(19)25)16-22-13-24(26-31-22)18-8-10-21(29-2)11-9-18/h3-11,20,22,28H,1,12-17H2,2H3. The van der Waals surface area contributed by atoms with Crippen molar-refractivity contribution >= 4 is 17.3 Å². The molecule has 0 radical (unpaired) electrons. The predicted molar refractivity (Wildman–Crippen MR) is 123 cm³/mol. The summed E-state index contributed by atoms with van der Waals surface area (Å²) in [7, 11) is 1.64. The summed E-state index contributed by atoms with van der Waals surface area (Å²) in [6.07, 6.45) is 1.61. The number of nitrogens with zero attached hydrogens (tertiary/aromatic N) is 2. The van der Waals surface area contributed by atoms with Gasteiger partial charge in [-0.3, -0.25) is 4.90 Å². The topological polar surface area (TPSA) is 63.5 Å². The Hall–Kier alpha value is -2.38. The number of methoxy groups -OCH3 is 1. The zero-order chi connectivity index (χ0) is 22.1. The highest BCUT2D eigenvalue weighted by molar-refractivity contribution is 6.31. The molecule has 2 unspecified atom stereocenters. The van der Waals surface area contributed by atoms with Crippen molar-refractivity contribution in [3.8, 4) is 5.75 Å². The highest BCUT2D eigenvalue weighted by atomic mass is 35.5. The van der Waals surface area contributed by atoms with Crippen LogP contribution in [0.3, 0.4) is 0 Å². The van der Waals surface area contributed by atoms with Crippen LogP contribution in [0.1, 0.15) is 17.5 Å². The van der Waals surface area contributed by atoms with Crippen molar-refractivity contribution in [3.63, 3.8) is 0 Å². The van der Waals surface area contributed by atoms with Gasteiger partial charge in [0, 0.05) is 31.1 Å². The molecule has 2 aromatic carbocycles. The first-order valence-corrected chi connectivity index (χ1v) is 10.7. The Balaban J connectivity index is 1.62. The van der Waals surface area contributed by atoms with Crippen molar-refractivity contribution in [1.82, 2.24) is 4.90 Å². The molecule has 0 saturated carbocycles. The third-order valence-electron chi connectivity index (χ3n) is 4.98. The first-order chi connectivity index (χ1) is 15.1. The van der Waals surface area contributed by atoms with Gasteiger partial charge in [0.15, 0.2) is 0 Å². The van der Waals surface area contributed by atoms with Crippen LogP contribution in [-0.4, -0.2) is 61.3 Å². The Bertz CT molecular complexity index is 872. The fourth-order valence-electron chi connectivity index (χ4n) is 3.48. The van der Waals surface area contributed by atoms with Crippen LogP contribution >= 0.6 is 11.6 Å². The van der Waals surface area contributed by atoms with Crippen LogP contribution in [0.4, 0.5) is 0 Å². The quantitative estimate of drug-likeness (QED) is 0.397. The van der Waals surface area contributed by atoms with Gasteiger partial charge in [-0.15, -0.1) is 6.58 Å². The first kappa shape index (κ1) is 23.3. The third kappa shape index (κ3) is 7.08. The number of benzene rings is 2. The zero-order valence-corrected chi connectivity index (χ0v) is 18.5. The molecule has 1 aliphatic rings. The maximum Gasteiger partial charge on any atom is 0.145 e. The largest absolute Gasteiger partial charge is 0.497 e. The number of oxime groups is 1. The lowest BCUT2D eigenvalue weighted by Crippen LogP contribution is -2.39. The predicted octanol–water partition coefficient (Wildman–Crippen LogP) is 3.91. The summed E-state index contributed by atoms with van der Waals surface area (Å²) in [4.78, 5) is 7.84. The van der Waals surface area contributed by atoms with E-state index in [0.29, 0.717) is 37.7 Å². The van der Waals surface area contributed by atoms with E-state index in [-0.39, 0.29) is 12.7 Å². The summed E-state index contributed by atoms with van der Waals surface area (Å²) < 4.78 is 10.6. The molecule has 0 amide bonds. The van der Waals surface area contributed by atoms with Crippen molar-refractivity contribution in [1.29, 1.82) is 0 Å². The van der Waals surface area contributed by atoms with Crippen LogP contribution in [-0.2, 0) is 16.1 Å². The molecule has 31 heavy (non-hydrogen) atoms. The van der Waals surface area contributed by atoms with Gasteiger partial charge in [-0.2, -0.15) is 0 Å². The van der Waals surface area contributed by atoms with E-state index in [2.05, 4.69) is 16.6 Å². The van der Waals surface area contributed by atoms with Gasteiger partial charge in [-0.25, -0.2) is 0 Å². The molecule has 7 heteroatoms. The van der Waals surface area contributed by atoms with Gasteiger partial charge in [0.05, 0.1) is 32.1 Å². The molecule has 1 aliphatic heterocycles. The summed E-state index contributed by atoms with van der Waals surface area (Å²) in [5, 5.41) is 15.4. The second-order valence-electron chi connectivity index (χ2n) is 7.46. The number of halogens is 1. The third-order valence-corrected chi connectivity index (χ3v) is 5.35. The monoisotopic (exact) mass is 444 g/mol. The Morgan fingerprint density at radius 2 is 2.06 bits per heavy atom. The molecule has 0 spiro atoms. The molecule has 0 bridgehead atoms. The zero-order valence-electron chi connectivity index (χ0n) is 17.7. The Morgan fingerprint density at radius 1 is 1.29 bits per heavy atom. The van der Waals surface area contributed by atoms with Crippen LogP contribution in [0.15, 0.2) is 66.3 Å². The summed E-state index contributed by atoms with van der Waals surface area (Å²) in [5.74, 6) is 0.804. The van der Waals surface area contributed by atoms with Gasteiger partial charge in [0.1, 0.15) is 11.9 Å². The molecular weight excluding hydrogens is 416 g/mol.